The summed E-state index contributed by atoms with van der Waals surface area (Å²) in [5, 5.41) is 0.466. The molecule has 1 aliphatic rings. The highest BCUT2D eigenvalue weighted by Gasteiger charge is 2.33. The second kappa shape index (κ2) is 4.24. The molecule has 0 amide bonds. The number of nitrogens with zero attached hydrogens (tertiary/aromatic N) is 3. The fourth-order valence-electron chi connectivity index (χ4n) is 1.97. The summed E-state index contributed by atoms with van der Waals surface area (Å²) in [7, 11) is 0. The van der Waals surface area contributed by atoms with Crippen LogP contribution in [0.3, 0.4) is 0 Å². The van der Waals surface area contributed by atoms with Crippen molar-refractivity contribution in [2.24, 2.45) is 0 Å². The van der Waals surface area contributed by atoms with Gasteiger partial charge in [0.15, 0.2) is 5.69 Å². The van der Waals surface area contributed by atoms with Gasteiger partial charge in [0.25, 0.3) is 0 Å². The topological polar surface area (TPSA) is 56.5 Å². The molecule has 0 spiro atoms. The largest absolute Gasteiger partial charge is 0.461 e. The zero-order valence-corrected chi connectivity index (χ0v) is 10.6. The molecular formula is C12H12ClN3O2. The zero-order chi connectivity index (χ0) is 12.7. The van der Waals surface area contributed by atoms with E-state index in [9.17, 15) is 4.79 Å². The van der Waals surface area contributed by atoms with Crippen LogP contribution < -0.4 is 0 Å². The zero-order valence-electron chi connectivity index (χ0n) is 9.89. The fraction of sp³-hybridized carbons (Fsp3) is 0.417. The van der Waals surface area contributed by atoms with Crippen molar-refractivity contribution >= 4 is 23.3 Å². The molecule has 1 saturated carbocycles. The van der Waals surface area contributed by atoms with Gasteiger partial charge in [-0.1, -0.05) is 11.6 Å². The number of halogens is 1. The molecule has 0 unspecified atom stereocenters. The molecule has 18 heavy (non-hydrogen) atoms. The van der Waals surface area contributed by atoms with E-state index in [4.69, 9.17) is 16.3 Å². The van der Waals surface area contributed by atoms with E-state index in [1.165, 1.54) is 6.20 Å². The monoisotopic (exact) mass is 265 g/mol. The van der Waals surface area contributed by atoms with Crippen molar-refractivity contribution in [2.45, 2.75) is 25.7 Å². The first-order valence-corrected chi connectivity index (χ1v) is 6.29. The standard InChI is InChI=1S/C12H12ClN3O2/c1-2-18-11(17)10-9(7-3-4-7)15-12-14-5-8(13)6-16(10)12/h5-7H,2-4H2,1H3. The van der Waals surface area contributed by atoms with Gasteiger partial charge < -0.3 is 4.74 Å². The van der Waals surface area contributed by atoms with Gasteiger partial charge in [-0.15, -0.1) is 0 Å². The Morgan fingerprint density at radius 1 is 1.61 bits per heavy atom. The van der Waals surface area contributed by atoms with Crippen LogP contribution in [0.1, 0.15) is 41.9 Å². The minimum atomic E-state index is -0.365. The Morgan fingerprint density at radius 3 is 3.06 bits per heavy atom. The molecule has 0 bridgehead atoms. The number of hydrogen-bond donors (Lipinski definition) is 0. The van der Waals surface area contributed by atoms with Gasteiger partial charge in [-0.3, -0.25) is 4.40 Å². The lowest BCUT2D eigenvalue weighted by atomic mass is 10.2. The Kier molecular flexibility index (Phi) is 2.70. The molecule has 0 aromatic carbocycles. The first kappa shape index (κ1) is 11.5. The molecule has 0 atom stereocenters. The lowest BCUT2D eigenvalue weighted by molar-refractivity contribution is 0.0516. The molecule has 0 radical (unpaired) electrons. The maximum absolute atomic E-state index is 12.0. The number of aromatic nitrogens is 3. The third kappa shape index (κ3) is 1.84. The summed E-state index contributed by atoms with van der Waals surface area (Å²) in [5.41, 5.74) is 1.24. The Morgan fingerprint density at radius 2 is 2.39 bits per heavy atom. The number of ether oxygens (including phenoxy) is 1. The molecule has 3 rings (SSSR count). The predicted molar refractivity (Wildman–Crippen MR) is 65.9 cm³/mol. The van der Waals surface area contributed by atoms with Gasteiger partial charge in [-0.25, -0.2) is 14.8 Å². The first-order chi connectivity index (χ1) is 8.70. The van der Waals surface area contributed by atoms with Gasteiger partial charge in [0.2, 0.25) is 5.78 Å². The highest BCUT2D eigenvalue weighted by atomic mass is 35.5. The fourth-order valence-corrected chi connectivity index (χ4v) is 2.12. The van der Waals surface area contributed by atoms with E-state index in [1.807, 2.05) is 0 Å². The highest BCUT2D eigenvalue weighted by Crippen LogP contribution is 2.41. The summed E-state index contributed by atoms with van der Waals surface area (Å²) in [6.45, 7) is 2.12. The quantitative estimate of drug-likeness (QED) is 0.800. The van der Waals surface area contributed by atoms with Crippen LogP contribution in [-0.2, 0) is 4.74 Å². The number of hydrogen-bond acceptors (Lipinski definition) is 4. The van der Waals surface area contributed by atoms with Crippen molar-refractivity contribution in [3.8, 4) is 0 Å². The van der Waals surface area contributed by atoms with Crippen molar-refractivity contribution in [3.63, 3.8) is 0 Å². The van der Waals surface area contributed by atoms with Crippen molar-refractivity contribution < 1.29 is 9.53 Å². The minimum absolute atomic E-state index is 0.337. The number of carbonyl (C=O) groups is 1. The van der Waals surface area contributed by atoms with Crippen LogP contribution in [0.25, 0.3) is 5.78 Å². The van der Waals surface area contributed by atoms with Gasteiger partial charge in [0.1, 0.15) is 0 Å². The van der Waals surface area contributed by atoms with Crippen LogP contribution in [0.5, 0.6) is 0 Å². The van der Waals surface area contributed by atoms with Crippen molar-refractivity contribution in [1.82, 2.24) is 14.4 Å². The van der Waals surface area contributed by atoms with Crippen LogP contribution in [0.4, 0.5) is 0 Å². The van der Waals surface area contributed by atoms with Gasteiger partial charge >= 0.3 is 5.97 Å². The summed E-state index contributed by atoms with van der Waals surface area (Å²) >= 11 is 5.91. The van der Waals surface area contributed by atoms with Crippen LogP contribution >= 0.6 is 11.6 Å². The number of fused-ring (bicyclic) bond motifs is 1. The summed E-state index contributed by atoms with van der Waals surface area (Å²) in [5.74, 6) is 0.477. The molecular weight excluding hydrogens is 254 g/mol. The minimum Gasteiger partial charge on any atom is -0.461 e. The summed E-state index contributed by atoms with van der Waals surface area (Å²) in [6, 6.07) is 0. The molecule has 5 nitrogen and oxygen atoms in total. The third-order valence-electron chi connectivity index (χ3n) is 2.91. The first-order valence-electron chi connectivity index (χ1n) is 5.91. The maximum Gasteiger partial charge on any atom is 0.357 e. The number of esters is 1. The van der Waals surface area contributed by atoms with E-state index in [1.54, 1.807) is 17.5 Å². The molecule has 0 aliphatic heterocycles. The highest BCUT2D eigenvalue weighted by molar-refractivity contribution is 6.30. The van der Waals surface area contributed by atoms with Crippen LogP contribution in [0.15, 0.2) is 12.4 Å². The van der Waals surface area contributed by atoms with Gasteiger partial charge in [0.05, 0.1) is 23.5 Å². The van der Waals surface area contributed by atoms with Crippen molar-refractivity contribution in [3.05, 3.63) is 28.8 Å². The number of rotatable bonds is 3. The molecule has 2 aromatic rings. The Balaban J connectivity index is 2.19. The average molecular weight is 266 g/mol. The van der Waals surface area contributed by atoms with E-state index in [2.05, 4.69) is 9.97 Å². The molecule has 94 valence electrons. The van der Waals surface area contributed by atoms with E-state index in [0.717, 1.165) is 18.5 Å². The average Bonchev–Trinajstić information content (AvgIpc) is 3.11. The van der Waals surface area contributed by atoms with Crippen LogP contribution in [0, 0.1) is 0 Å². The third-order valence-corrected chi connectivity index (χ3v) is 3.10. The van der Waals surface area contributed by atoms with Crippen molar-refractivity contribution in [1.29, 1.82) is 0 Å². The summed E-state index contributed by atoms with van der Waals surface area (Å²) < 4.78 is 6.70. The number of imidazole rings is 1. The predicted octanol–water partition coefficient (Wildman–Crippen LogP) is 2.44. The summed E-state index contributed by atoms with van der Waals surface area (Å²) in [6.07, 6.45) is 5.29. The lowest BCUT2D eigenvalue weighted by Crippen LogP contribution is -2.10. The van der Waals surface area contributed by atoms with Crippen LogP contribution in [0.2, 0.25) is 5.02 Å². The van der Waals surface area contributed by atoms with E-state index >= 15 is 0 Å². The number of carbonyl (C=O) groups excluding carboxylic acids is 1. The van der Waals surface area contributed by atoms with E-state index in [0.29, 0.717) is 29.0 Å². The SMILES string of the molecule is CCOC(=O)c1c(C2CC2)nc2ncc(Cl)cn12. The molecule has 6 heteroatoms. The smallest absolute Gasteiger partial charge is 0.357 e. The van der Waals surface area contributed by atoms with Crippen molar-refractivity contribution in [2.75, 3.05) is 6.61 Å². The second-order valence-electron chi connectivity index (χ2n) is 4.28. The Hall–Kier alpha value is -1.62. The molecule has 1 fully saturated rings. The molecule has 2 aromatic heterocycles. The molecule has 2 heterocycles. The molecule has 0 saturated heterocycles. The maximum atomic E-state index is 12.0. The molecule has 0 N–H and O–H groups in total. The second-order valence-corrected chi connectivity index (χ2v) is 4.72. The van der Waals surface area contributed by atoms with E-state index in [-0.39, 0.29) is 5.97 Å². The molecule has 1 aliphatic carbocycles. The Labute approximate surface area is 109 Å². The lowest BCUT2D eigenvalue weighted by Gasteiger charge is -2.03. The van der Waals surface area contributed by atoms with E-state index < -0.39 is 0 Å². The summed E-state index contributed by atoms with van der Waals surface area (Å²) in [4.78, 5) is 20.6. The van der Waals surface area contributed by atoms with Gasteiger partial charge in [-0.05, 0) is 19.8 Å². The Bertz CT molecular complexity index is 619. The van der Waals surface area contributed by atoms with Crippen LogP contribution in [-0.4, -0.2) is 26.9 Å². The normalized spacial score (nSPS) is 15.0. The van der Waals surface area contributed by atoms with Gasteiger partial charge in [0, 0.05) is 12.1 Å². The van der Waals surface area contributed by atoms with Gasteiger partial charge in [-0.2, -0.15) is 0 Å².